The third kappa shape index (κ3) is 7.39. The van der Waals surface area contributed by atoms with Gasteiger partial charge < -0.3 is 29.3 Å². The molecule has 0 fully saturated rings. The number of nitrogens with zero attached hydrogens (tertiary/aromatic N) is 2. The zero-order chi connectivity index (χ0) is 37.7. The van der Waals surface area contributed by atoms with E-state index >= 15 is 0 Å². The maximum Gasteiger partial charge on any atom is 0.340 e. The highest BCUT2D eigenvalue weighted by atomic mass is 16.6. The monoisotopic (exact) mass is 705 g/mol. The zero-order valence-electron chi connectivity index (χ0n) is 30.4. The second-order valence-electron chi connectivity index (χ2n) is 13.1. The summed E-state index contributed by atoms with van der Waals surface area (Å²) in [6, 6.07) is 24.4. The summed E-state index contributed by atoms with van der Waals surface area (Å²) in [4.78, 5) is 69.6. The van der Waals surface area contributed by atoms with Crippen LogP contribution in [0.25, 0.3) is 11.1 Å². The number of carbonyl (C=O) groups excluding carboxylic acids is 5. The van der Waals surface area contributed by atoms with Crippen molar-refractivity contribution in [2.45, 2.75) is 45.8 Å². The van der Waals surface area contributed by atoms with E-state index in [4.69, 9.17) is 14.2 Å². The second kappa shape index (κ2) is 15.5. The lowest BCUT2D eigenvalue weighted by atomic mass is 9.90. The van der Waals surface area contributed by atoms with Gasteiger partial charge in [-0.15, -0.1) is 0 Å². The van der Waals surface area contributed by atoms with E-state index in [9.17, 15) is 24.0 Å². The van der Waals surface area contributed by atoms with Crippen molar-refractivity contribution in [2.75, 3.05) is 39.7 Å². The Kier molecular flexibility index (Phi) is 11.1. The van der Waals surface area contributed by atoms with E-state index < -0.39 is 35.9 Å². The average molecular weight is 706 g/mol. The molecule has 1 unspecified atom stereocenters. The number of carbonyl (C=O) groups is 5. The second-order valence-corrected chi connectivity index (χ2v) is 13.1. The van der Waals surface area contributed by atoms with Crippen molar-refractivity contribution < 1.29 is 38.2 Å². The van der Waals surface area contributed by atoms with Crippen LogP contribution in [0.4, 0.5) is 5.69 Å². The molecule has 11 nitrogen and oxygen atoms in total. The van der Waals surface area contributed by atoms with Crippen molar-refractivity contribution in [1.29, 1.82) is 0 Å². The first-order chi connectivity index (χ1) is 24.8. The van der Waals surface area contributed by atoms with E-state index in [-0.39, 0.29) is 36.3 Å². The number of hydrogen-bond acceptors (Lipinski definition) is 8. The SMILES string of the molecule is CCOC(=O)C1(COC(=O)Cc2ccc(NC(=O)c3cccc(C)c3-c3ccc(OC(C)C)cc3)c(C(=O)N(C)C)c2)c2ccccc2C(=O)N1C. The highest BCUT2D eigenvalue weighted by Gasteiger charge is 2.55. The van der Waals surface area contributed by atoms with Crippen LogP contribution in [0.2, 0.25) is 0 Å². The molecule has 1 N–H and O–H groups in total. The van der Waals surface area contributed by atoms with Crippen LogP contribution in [0.3, 0.4) is 0 Å². The van der Waals surface area contributed by atoms with E-state index in [1.165, 1.54) is 22.9 Å². The minimum absolute atomic E-state index is 0.0225. The Balaban J connectivity index is 1.38. The Labute approximate surface area is 303 Å². The number of benzene rings is 4. The molecule has 0 saturated heterocycles. The molecule has 0 aliphatic carbocycles. The molecule has 4 aromatic carbocycles. The van der Waals surface area contributed by atoms with Gasteiger partial charge >= 0.3 is 11.9 Å². The molecule has 5 rings (SSSR count). The minimum Gasteiger partial charge on any atom is -0.491 e. The van der Waals surface area contributed by atoms with E-state index in [0.717, 1.165) is 22.4 Å². The van der Waals surface area contributed by atoms with Crippen LogP contribution in [0.15, 0.2) is 84.9 Å². The molecular weight excluding hydrogens is 662 g/mol. The van der Waals surface area contributed by atoms with E-state index in [1.807, 2.05) is 51.1 Å². The average Bonchev–Trinajstić information content (AvgIpc) is 3.33. The predicted molar refractivity (Wildman–Crippen MR) is 196 cm³/mol. The molecule has 0 bridgehead atoms. The number of esters is 2. The van der Waals surface area contributed by atoms with Crippen LogP contribution in [-0.4, -0.2) is 79.9 Å². The first-order valence-corrected chi connectivity index (χ1v) is 17.0. The molecule has 1 aliphatic rings. The fraction of sp³-hybridized carbons (Fsp3) is 0.293. The summed E-state index contributed by atoms with van der Waals surface area (Å²) < 4.78 is 16.8. The number of hydrogen-bond donors (Lipinski definition) is 1. The van der Waals surface area contributed by atoms with Crippen molar-refractivity contribution in [2.24, 2.45) is 0 Å². The quantitative estimate of drug-likeness (QED) is 0.177. The number of fused-ring (bicyclic) bond motifs is 1. The number of nitrogens with one attached hydrogen (secondary N) is 1. The number of aryl methyl sites for hydroxylation is 1. The van der Waals surface area contributed by atoms with Gasteiger partial charge in [-0.1, -0.05) is 48.5 Å². The molecule has 0 spiro atoms. The Morgan fingerprint density at radius 1 is 0.885 bits per heavy atom. The molecule has 0 radical (unpaired) electrons. The van der Waals surface area contributed by atoms with Gasteiger partial charge in [0.1, 0.15) is 12.4 Å². The van der Waals surface area contributed by atoms with Gasteiger partial charge in [-0.25, -0.2) is 4.79 Å². The lowest BCUT2D eigenvalue weighted by Gasteiger charge is -2.33. The van der Waals surface area contributed by atoms with Gasteiger partial charge in [0.2, 0.25) is 5.54 Å². The predicted octanol–water partition coefficient (Wildman–Crippen LogP) is 6.03. The summed E-state index contributed by atoms with van der Waals surface area (Å²) in [5.41, 5.74) is 2.82. The van der Waals surface area contributed by atoms with Gasteiger partial charge in [-0.3, -0.25) is 19.2 Å². The summed E-state index contributed by atoms with van der Waals surface area (Å²) >= 11 is 0. The number of likely N-dealkylation sites (N-methyl/N-ethyl adjacent to an activating group) is 1. The summed E-state index contributed by atoms with van der Waals surface area (Å²) in [5, 5.41) is 2.91. The van der Waals surface area contributed by atoms with E-state index in [1.54, 1.807) is 69.6 Å². The first kappa shape index (κ1) is 37.3. The Morgan fingerprint density at radius 3 is 2.27 bits per heavy atom. The van der Waals surface area contributed by atoms with E-state index in [2.05, 4.69) is 5.32 Å². The normalized spacial score (nSPS) is 14.8. The molecule has 11 heteroatoms. The van der Waals surface area contributed by atoms with Crippen molar-refractivity contribution in [1.82, 2.24) is 9.80 Å². The molecule has 1 heterocycles. The Hall–Kier alpha value is -5.97. The van der Waals surface area contributed by atoms with Crippen molar-refractivity contribution in [3.63, 3.8) is 0 Å². The topological polar surface area (TPSA) is 132 Å². The molecule has 0 saturated carbocycles. The molecule has 1 atom stereocenters. The van der Waals surface area contributed by atoms with Crippen LogP contribution >= 0.6 is 0 Å². The highest BCUT2D eigenvalue weighted by molar-refractivity contribution is 6.12. The van der Waals surface area contributed by atoms with Gasteiger partial charge in [0.25, 0.3) is 17.7 Å². The van der Waals surface area contributed by atoms with Crippen LogP contribution in [0, 0.1) is 6.92 Å². The summed E-state index contributed by atoms with van der Waals surface area (Å²) in [5.74, 6) is -1.88. The minimum atomic E-state index is -1.65. The van der Waals surface area contributed by atoms with Crippen LogP contribution in [0.1, 0.15) is 68.5 Å². The molecule has 1 aliphatic heterocycles. The fourth-order valence-corrected chi connectivity index (χ4v) is 6.33. The molecular formula is C41H43N3O8. The summed E-state index contributed by atoms with van der Waals surface area (Å²) in [6.45, 7) is 7.08. The van der Waals surface area contributed by atoms with Crippen molar-refractivity contribution in [3.05, 3.63) is 118 Å². The summed E-state index contributed by atoms with van der Waals surface area (Å²) in [7, 11) is 4.65. The first-order valence-electron chi connectivity index (χ1n) is 17.0. The number of amides is 3. The zero-order valence-corrected chi connectivity index (χ0v) is 30.4. The van der Waals surface area contributed by atoms with Crippen molar-refractivity contribution >= 4 is 35.3 Å². The lowest BCUT2D eigenvalue weighted by molar-refractivity contribution is -0.163. The Morgan fingerprint density at radius 2 is 1.60 bits per heavy atom. The van der Waals surface area contributed by atoms with Crippen LogP contribution < -0.4 is 10.1 Å². The molecule has 0 aromatic heterocycles. The standard InChI is InChI=1S/C41H43N3O8/c1-8-50-40(49)41(33-15-10-9-13-30(33)39(48)44(41)7)24-51-35(45)23-27-16-21-34(32(22-27)38(47)43(5)6)42-37(46)31-14-11-12-26(4)36(31)28-17-19-29(20-18-28)52-25(2)3/h9-22,25H,8,23-24H2,1-7H3,(H,42,46). The lowest BCUT2D eigenvalue weighted by Crippen LogP contribution is -2.52. The highest BCUT2D eigenvalue weighted by Crippen LogP contribution is 2.40. The number of ether oxygens (including phenoxy) is 3. The smallest absolute Gasteiger partial charge is 0.340 e. The largest absolute Gasteiger partial charge is 0.491 e. The molecule has 270 valence electrons. The van der Waals surface area contributed by atoms with Crippen molar-refractivity contribution in [3.8, 4) is 16.9 Å². The molecule has 3 amide bonds. The van der Waals surface area contributed by atoms with Crippen LogP contribution in [0.5, 0.6) is 5.75 Å². The van der Waals surface area contributed by atoms with Gasteiger partial charge in [0.15, 0.2) is 0 Å². The van der Waals surface area contributed by atoms with Gasteiger partial charge in [0, 0.05) is 37.8 Å². The number of anilines is 1. The van der Waals surface area contributed by atoms with Gasteiger partial charge in [-0.2, -0.15) is 0 Å². The molecule has 4 aromatic rings. The summed E-state index contributed by atoms with van der Waals surface area (Å²) in [6.07, 6.45) is -0.229. The number of rotatable bonds is 12. The van der Waals surface area contributed by atoms with Gasteiger partial charge in [0.05, 0.1) is 30.4 Å². The molecule has 52 heavy (non-hydrogen) atoms. The van der Waals surface area contributed by atoms with Crippen LogP contribution in [-0.2, 0) is 31.0 Å². The maximum atomic E-state index is 13.9. The van der Waals surface area contributed by atoms with Gasteiger partial charge in [-0.05, 0) is 86.3 Å². The Bertz CT molecular complexity index is 2020. The maximum absolute atomic E-state index is 13.9. The van der Waals surface area contributed by atoms with E-state index in [0.29, 0.717) is 22.3 Å². The fourth-order valence-electron chi connectivity index (χ4n) is 6.33. The third-order valence-corrected chi connectivity index (χ3v) is 8.88. The third-order valence-electron chi connectivity index (χ3n) is 8.88.